The summed E-state index contributed by atoms with van der Waals surface area (Å²) in [7, 11) is 0. The van der Waals surface area contributed by atoms with E-state index in [1.165, 1.54) is 11.6 Å². The first-order chi connectivity index (χ1) is 18.0. The molecule has 12 atom stereocenters. The van der Waals surface area contributed by atoms with Crippen LogP contribution in [0.1, 0.15) is 83.6 Å². The normalized spacial score (nSPS) is 50.5. The van der Waals surface area contributed by atoms with Crippen molar-refractivity contribution in [2.75, 3.05) is 0 Å². The van der Waals surface area contributed by atoms with Crippen molar-refractivity contribution in [2.24, 2.45) is 22.7 Å². The molecule has 3 saturated carbocycles. The van der Waals surface area contributed by atoms with Crippen molar-refractivity contribution in [1.82, 2.24) is 0 Å². The van der Waals surface area contributed by atoms with Gasteiger partial charge in [-0.3, -0.25) is 0 Å². The maximum atomic E-state index is 12.4. The fraction of sp³-hybridized carbons (Fsp3) is 0.767. The second-order valence-electron chi connectivity index (χ2n) is 13.1. The predicted molar refractivity (Wildman–Crippen MR) is 138 cm³/mol. The van der Waals surface area contributed by atoms with E-state index in [4.69, 9.17) is 13.9 Å². The van der Waals surface area contributed by atoms with Gasteiger partial charge in [0.1, 0.15) is 18.3 Å². The lowest BCUT2D eigenvalue weighted by atomic mass is 9.45. The molecule has 4 N–H and O–H groups in total. The summed E-state index contributed by atoms with van der Waals surface area (Å²) in [5, 5.41) is 43.0. The zero-order valence-corrected chi connectivity index (χ0v) is 22.6. The number of aliphatic hydroxyl groups excluding tert-OH is 3. The zero-order valence-electron chi connectivity index (χ0n) is 22.6. The number of aliphatic hydroxyl groups is 4. The molecule has 5 aliphatic rings. The van der Waals surface area contributed by atoms with Crippen molar-refractivity contribution in [2.45, 2.75) is 120 Å². The van der Waals surface area contributed by atoms with E-state index >= 15 is 0 Å². The molecule has 210 valence electrons. The third-order valence-corrected chi connectivity index (χ3v) is 11.5. The molecular weight excluding hydrogens is 488 g/mol. The molecule has 1 aromatic heterocycles. The van der Waals surface area contributed by atoms with Crippen LogP contribution in [-0.2, 0) is 9.47 Å². The molecule has 0 aromatic carbocycles. The van der Waals surface area contributed by atoms with Crippen LogP contribution in [0.15, 0.2) is 39.3 Å². The molecule has 6 rings (SSSR count). The van der Waals surface area contributed by atoms with Crippen molar-refractivity contribution in [3.63, 3.8) is 0 Å². The Balaban J connectivity index is 1.21. The minimum Gasteiger partial charge on any atom is -0.431 e. The number of allylic oxidation sites excluding steroid dienone is 1. The van der Waals surface area contributed by atoms with E-state index in [1.807, 2.05) is 6.07 Å². The number of hydrogen-bond donors (Lipinski definition) is 4. The Kier molecular flexibility index (Phi) is 6.49. The first kappa shape index (κ1) is 26.7. The van der Waals surface area contributed by atoms with Crippen LogP contribution in [0.25, 0.3) is 0 Å². The van der Waals surface area contributed by atoms with Gasteiger partial charge in [-0.1, -0.05) is 25.5 Å². The number of rotatable bonds is 3. The van der Waals surface area contributed by atoms with Gasteiger partial charge >= 0.3 is 5.63 Å². The van der Waals surface area contributed by atoms with Crippen molar-refractivity contribution in [3.8, 4) is 0 Å². The monoisotopic (exact) mass is 530 g/mol. The van der Waals surface area contributed by atoms with Crippen LogP contribution in [-0.4, -0.2) is 62.8 Å². The quantitative estimate of drug-likeness (QED) is 0.439. The van der Waals surface area contributed by atoms with Crippen LogP contribution >= 0.6 is 0 Å². The van der Waals surface area contributed by atoms with E-state index in [9.17, 15) is 25.2 Å². The van der Waals surface area contributed by atoms with Gasteiger partial charge in [0.15, 0.2) is 6.29 Å². The summed E-state index contributed by atoms with van der Waals surface area (Å²) in [6.07, 6.45) is 5.32. The average Bonchev–Trinajstić information content (AvgIpc) is 3.18. The lowest BCUT2D eigenvalue weighted by Gasteiger charge is -2.62. The number of hydrogen-bond acceptors (Lipinski definition) is 8. The minimum absolute atomic E-state index is 0.0213. The maximum absolute atomic E-state index is 12.4. The number of fused-ring (bicyclic) bond motifs is 5. The summed E-state index contributed by atoms with van der Waals surface area (Å²) in [4.78, 5) is 11.5. The fourth-order valence-corrected chi connectivity index (χ4v) is 9.17. The van der Waals surface area contributed by atoms with Crippen LogP contribution in [0.4, 0.5) is 0 Å². The SMILES string of the molecule is C[C@H]1O[C@H](O[C@H]2C=C3CC[C@@H]4[C@@H](CC[C@]5(C)[C@H](c6ccc(=O)oc6)CC[C@]45O)[C@@]3(C)CC2)[C@@H](O)[C@@H](O)[C@H]1O. The summed E-state index contributed by atoms with van der Waals surface area (Å²) >= 11 is 0. The summed E-state index contributed by atoms with van der Waals surface area (Å²) < 4.78 is 17.0. The first-order valence-electron chi connectivity index (χ1n) is 14.4. The Bertz CT molecular complexity index is 1130. The molecule has 0 radical (unpaired) electrons. The van der Waals surface area contributed by atoms with E-state index < -0.39 is 36.3 Å². The van der Waals surface area contributed by atoms with Gasteiger partial charge in [0.05, 0.1) is 24.1 Å². The standard InChI is InChI=1S/C30H42O8/c1-16-24(32)25(33)26(34)27(37-16)38-19-8-11-28(2)18(14-19)5-6-22-21(28)9-12-29(3)20(10-13-30(22,29)35)17-4-7-23(31)36-15-17/h4,7,14-16,19-22,24-27,32-35H,5-6,8-13H2,1-3H3/t16-,19-,20+,21-,22-,24+,25+,26+,27-,28+,29-,30+/m1/s1. The lowest BCUT2D eigenvalue weighted by Crippen LogP contribution is -2.60. The van der Waals surface area contributed by atoms with Crippen LogP contribution < -0.4 is 5.63 Å². The molecular formula is C30H42O8. The molecule has 1 aromatic rings. The van der Waals surface area contributed by atoms with Crippen LogP contribution in [0.3, 0.4) is 0 Å². The average molecular weight is 531 g/mol. The van der Waals surface area contributed by atoms with Gasteiger partial charge in [-0.2, -0.15) is 0 Å². The Morgan fingerprint density at radius 3 is 2.47 bits per heavy atom. The van der Waals surface area contributed by atoms with Crippen molar-refractivity contribution in [3.05, 3.63) is 46.0 Å². The highest BCUT2D eigenvalue weighted by molar-refractivity contribution is 5.31. The van der Waals surface area contributed by atoms with Gasteiger partial charge in [0.2, 0.25) is 0 Å². The van der Waals surface area contributed by atoms with Crippen LogP contribution in [0, 0.1) is 22.7 Å². The zero-order chi connectivity index (χ0) is 27.0. The summed E-state index contributed by atoms with van der Waals surface area (Å²) in [6, 6.07) is 3.36. The van der Waals surface area contributed by atoms with Gasteiger partial charge < -0.3 is 34.3 Å². The van der Waals surface area contributed by atoms with Gasteiger partial charge in [0.25, 0.3) is 0 Å². The molecule has 4 fully saturated rings. The topological polar surface area (TPSA) is 130 Å². The van der Waals surface area contributed by atoms with E-state index in [0.717, 1.165) is 56.9 Å². The predicted octanol–water partition coefficient (Wildman–Crippen LogP) is 3.01. The Hall–Kier alpha value is -1.55. The Morgan fingerprint density at radius 1 is 0.947 bits per heavy atom. The molecule has 0 bridgehead atoms. The van der Waals surface area contributed by atoms with Gasteiger partial charge in [-0.25, -0.2) is 4.79 Å². The fourth-order valence-electron chi connectivity index (χ4n) is 9.17. The number of ether oxygens (including phenoxy) is 2. The summed E-state index contributed by atoms with van der Waals surface area (Å²) in [5.41, 5.74) is 0.991. The van der Waals surface area contributed by atoms with E-state index in [2.05, 4.69) is 19.9 Å². The van der Waals surface area contributed by atoms with Crippen molar-refractivity contribution < 1.29 is 34.3 Å². The van der Waals surface area contributed by atoms with Gasteiger partial charge in [-0.05, 0) is 93.1 Å². The third kappa shape index (κ3) is 3.82. The van der Waals surface area contributed by atoms with Gasteiger partial charge in [-0.15, -0.1) is 0 Å². The third-order valence-electron chi connectivity index (χ3n) is 11.5. The molecule has 8 nitrogen and oxygen atoms in total. The highest BCUT2D eigenvalue weighted by Gasteiger charge is 2.66. The van der Waals surface area contributed by atoms with Crippen molar-refractivity contribution in [1.29, 1.82) is 0 Å². The van der Waals surface area contributed by atoms with E-state index in [0.29, 0.717) is 5.92 Å². The summed E-state index contributed by atoms with van der Waals surface area (Å²) in [6.45, 7) is 6.26. The molecule has 8 heteroatoms. The second kappa shape index (κ2) is 9.25. The summed E-state index contributed by atoms with van der Waals surface area (Å²) in [5.74, 6) is 0.759. The van der Waals surface area contributed by atoms with E-state index in [1.54, 1.807) is 13.2 Å². The highest BCUT2D eigenvalue weighted by Crippen LogP contribution is 2.70. The molecule has 2 heterocycles. The smallest absolute Gasteiger partial charge is 0.335 e. The largest absolute Gasteiger partial charge is 0.431 e. The molecule has 1 saturated heterocycles. The van der Waals surface area contributed by atoms with Crippen LogP contribution in [0.2, 0.25) is 0 Å². The van der Waals surface area contributed by atoms with Crippen molar-refractivity contribution >= 4 is 0 Å². The lowest BCUT2D eigenvalue weighted by molar-refractivity contribution is -0.301. The molecule has 38 heavy (non-hydrogen) atoms. The molecule has 1 aliphatic heterocycles. The van der Waals surface area contributed by atoms with Crippen LogP contribution in [0.5, 0.6) is 0 Å². The maximum Gasteiger partial charge on any atom is 0.335 e. The Labute approximate surface area is 223 Å². The first-order valence-corrected chi connectivity index (χ1v) is 14.4. The molecule has 0 amide bonds. The van der Waals surface area contributed by atoms with E-state index in [-0.39, 0.29) is 34.4 Å². The second-order valence-corrected chi connectivity index (χ2v) is 13.1. The Morgan fingerprint density at radius 2 is 1.74 bits per heavy atom. The minimum atomic E-state index is -1.31. The molecule has 4 aliphatic carbocycles. The molecule has 0 spiro atoms. The molecule has 0 unspecified atom stereocenters. The van der Waals surface area contributed by atoms with Gasteiger partial charge in [0, 0.05) is 11.5 Å². The highest BCUT2D eigenvalue weighted by atomic mass is 16.7.